The molecule has 0 aromatic carbocycles. The number of aliphatic imine (C=N–C) groups is 1. The zero-order valence-corrected chi connectivity index (χ0v) is 13.5. The predicted molar refractivity (Wildman–Crippen MR) is 93.3 cm³/mol. The SMILES string of the molecule is C=CCNC(=NC)NCc1ccc(N2CCCCCC2)nc1. The van der Waals surface area contributed by atoms with Gasteiger partial charge in [0.25, 0.3) is 0 Å². The maximum atomic E-state index is 4.62. The molecule has 0 unspecified atom stereocenters. The number of aromatic nitrogens is 1. The van der Waals surface area contributed by atoms with Crippen molar-refractivity contribution in [3.05, 3.63) is 36.5 Å². The molecule has 120 valence electrons. The van der Waals surface area contributed by atoms with Crippen LogP contribution in [0.5, 0.6) is 0 Å². The van der Waals surface area contributed by atoms with Crippen LogP contribution in [0.4, 0.5) is 5.82 Å². The summed E-state index contributed by atoms with van der Waals surface area (Å²) in [5, 5.41) is 6.42. The number of rotatable bonds is 5. The minimum atomic E-state index is 0.700. The molecule has 0 amide bonds. The Labute approximate surface area is 133 Å². The lowest BCUT2D eigenvalue weighted by Crippen LogP contribution is -2.36. The Morgan fingerprint density at radius 1 is 1.27 bits per heavy atom. The number of hydrogen-bond donors (Lipinski definition) is 2. The largest absolute Gasteiger partial charge is 0.357 e. The van der Waals surface area contributed by atoms with E-state index in [2.05, 4.69) is 44.2 Å². The molecule has 0 atom stereocenters. The van der Waals surface area contributed by atoms with Gasteiger partial charge in [0.1, 0.15) is 5.82 Å². The molecule has 1 aliphatic rings. The Balaban J connectivity index is 1.87. The van der Waals surface area contributed by atoms with Gasteiger partial charge in [-0.2, -0.15) is 0 Å². The van der Waals surface area contributed by atoms with Crippen LogP contribution in [-0.2, 0) is 6.54 Å². The highest BCUT2D eigenvalue weighted by molar-refractivity contribution is 5.79. The first-order chi connectivity index (χ1) is 10.8. The Kier molecular flexibility index (Phi) is 6.74. The lowest BCUT2D eigenvalue weighted by atomic mass is 10.2. The van der Waals surface area contributed by atoms with Gasteiger partial charge in [-0.1, -0.05) is 25.0 Å². The molecule has 1 aromatic heterocycles. The van der Waals surface area contributed by atoms with Gasteiger partial charge in [0, 0.05) is 39.4 Å². The van der Waals surface area contributed by atoms with E-state index in [1.165, 1.54) is 25.7 Å². The molecule has 0 radical (unpaired) electrons. The van der Waals surface area contributed by atoms with Gasteiger partial charge in [0.2, 0.25) is 0 Å². The molecule has 1 aliphatic heterocycles. The van der Waals surface area contributed by atoms with E-state index in [-0.39, 0.29) is 0 Å². The van der Waals surface area contributed by atoms with Crippen molar-refractivity contribution in [3.8, 4) is 0 Å². The van der Waals surface area contributed by atoms with Crippen molar-refractivity contribution in [2.45, 2.75) is 32.2 Å². The number of nitrogens with one attached hydrogen (secondary N) is 2. The third-order valence-electron chi connectivity index (χ3n) is 3.84. The average molecular weight is 301 g/mol. The van der Waals surface area contributed by atoms with E-state index in [0.717, 1.165) is 30.4 Å². The average Bonchev–Trinajstić information content (AvgIpc) is 2.85. The molecule has 1 aromatic rings. The van der Waals surface area contributed by atoms with E-state index in [1.807, 2.05) is 12.3 Å². The molecular formula is C17H27N5. The van der Waals surface area contributed by atoms with Crippen molar-refractivity contribution in [2.75, 3.05) is 31.6 Å². The summed E-state index contributed by atoms with van der Waals surface area (Å²) in [6, 6.07) is 4.27. The highest BCUT2D eigenvalue weighted by Gasteiger charge is 2.10. The zero-order chi connectivity index (χ0) is 15.6. The first-order valence-electron chi connectivity index (χ1n) is 8.09. The summed E-state index contributed by atoms with van der Waals surface area (Å²) in [5.41, 5.74) is 1.15. The fraction of sp³-hybridized carbons (Fsp3) is 0.529. The van der Waals surface area contributed by atoms with E-state index < -0.39 is 0 Å². The van der Waals surface area contributed by atoms with Crippen LogP contribution in [0.2, 0.25) is 0 Å². The van der Waals surface area contributed by atoms with Gasteiger partial charge in [-0.3, -0.25) is 4.99 Å². The second kappa shape index (κ2) is 9.07. The number of anilines is 1. The van der Waals surface area contributed by atoms with Gasteiger partial charge in [0.05, 0.1) is 0 Å². The summed E-state index contributed by atoms with van der Waals surface area (Å²) >= 11 is 0. The second-order valence-corrected chi connectivity index (χ2v) is 5.52. The Hall–Kier alpha value is -2.04. The van der Waals surface area contributed by atoms with E-state index >= 15 is 0 Å². The predicted octanol–water partition coefficient (Wildman–Crippen LogP) is 2.31. The van der Waals surface area contributed by atoms with E-state index in [9.17, 15) is 0 Å². The van der Waals surface area contributed by atoms with Crippen molar-refractivity contribution in [1.29, 1.82) is 0 Å². The molecule has 22 heavy (non-hydrogen) atoms. The first-order valence-corrected chi connectivity index (χ1v) is 8.09. The lowest BCUT2D eigenvalue weighted by molar-refractivity contribution is 0.726. The lowest BCUT2D eigenvalue weighted by Gasteiger charge is -2.21. The van der Waals surface area contributed by atoms with Crippen LogP contribution in [0.3, 0.4) is 0 Å². The topological polar surface area (TPSA) is 52.6 Å². The second-order valence-electron chi connectivity index (χ2n) is 5.52. The fourth-order valence-corrected chi connectivity index (χ4v) is 2.58. The fourth-order valence-electron chi connectivity index (χ4n) is 2.58. The smallest absolute Gasteiger partial charge is 0.191 e. The minimum absolute atomic E-state index is 0.700. The quantitative estimate of drug-likeness (QED) is 0.498. The van der Waals surface area contributed by atoms with E-state index in [4.69, 9.17) is 0 Å². The molecule has 1 saturated heterocycles. The van der Waals surface area contributed by atoms with Crippen molar-refractivity contribution >= 4 is 11.8 Å². The number of pyridine rings is 1. The van der Waals surface area contributed by atoms with Crippen LogP contribution in [0, 0.1) is 0 Å². The molecular weight excluding hydrogens is 274 g/mol. The maximum absolute atomic E-state index is 4.62. The van der Waals surface area contributed by atoms with Crippen LogP contribution in [-0.4, -0.2) is 37.6 Å². The first kappa shape index (κ1) is 16.3. The normalized spacial score (nSPS) is 16.0. The van der Waals surface area contributed by atoms with Crippen LogP contribution in [0.25, 0.3) is 0 Å². The summed E-state index contributed by atoms with van der Waals surface area (Å²) < 4.78 is 0. The molecule has 5 heteroatoms. The van der Waals surface area contributed by atoms with Crippen molar-refractivity contribution in [3.63, 3.8) is 0 Å². The Morgan fingerprint density at radius 3 is 2.64 bits per heavy atom. The minimum Gasteiger partial charge on any atom is -0.357 e. The van der Waals surface area contributed by atoms with Crippen molar-refractivity contribution in [2.24, 2.45) is 4.99 Å². The van der Waals surface area contributed by atoms with Gasteiger partial charge < -0.3 is 15.5 Å². The van der Waals surface area contributed by atoms with Gasteiger partial charge in [-0.25, -0.2) is 4.98 Å². The molecule has 0 spiro atoms. The maximum Gasteiger partial charge on any atom is 0.191 e. The van der Waals surface area contributed by atoms with Crippen LogP contribution < -0.4 is 15.5 Å². The zero-order valence-electron chi connectivity index (χ0n) is 13.5. The highest BCUT2D eigenvalue weighted by Crippen LogP contribution is 2.17. The number of guanidine groups is 1. The molecule has 1 fully saturated rings. The van der Waals surface area contributed by atoms with E-state index in [0.29, 0.717) is 13.1 Å². The monoisotopic (exact) mass is 301 g/mol. The third kappa shape index (κ3) is 5.06. The third-order valence-corrected chi connectivity index (χ3v) is 3.84. The van der Waals surface area contributed by atoms with Crippen molar-refractivity contribution < 1.29 is 0 Å². The van der Waals surface area contributed by atoms with Gasteiger partial charge in [-0.05, 0) is 24.5 Å². The summed E-state index contributed by atoms with van der Waals surface area (Å²) in [4.78, 5) is 11.2. The van der Waals surface area contributed by atoms with Crippen LogP contribution in [0.1, 0.15) is 31.2 Å². The molecule has 0 aliphatic carbocycles. The summed E-state index contributed by atoms with van der Waals surface area (Å²) in [6.45, 7) is 7.35. The molecule has 2 N–H and O–H groups in total. The summed E-state index contributed by atoms with van der Waals surface area (Å²) in [5.74, 6) is 1.87. The molecule has 2 rings (SSSR count). The Morgan fingerprint density at radius 2 is 2.05 bits per heavy atom. The highest BCUT2D eigenvalue weighted by atomic mass is 15.2. The molecule has 5 nitrogen and oxygen atoms in total. The summed E-state index contributed by atoms with van der Waals surface area (Å²) in [7, 11) is 1.76. The number of hydrogen-bond acceptors (Lipinski definition) is 3. The van der Waals surface area contributed by atoms with Crippen LogP contribution >= 0.6 is 0 Å². The van der Waals surface area contributed by atoms with Gasteiger partial charge in [-0.15, -0.1) is 6.58 Å². The van der Waals surface area contributed by atoms with Crippen molar-refractivity contribution in [1.82, 2.24) is 15.6 Å². The van der Waals surface area contributed by atoms with Gasteiger partial charge in [0.15, 0.2) is 5.96 Å². The van der Waals surface area contributed by atoms with E-state index in [1.54, 1.807) is 7.05 Å². The molecule has 0 saturated carbocycles. The van der Waals surface area contributed by atoms with Crippen LogP contribution in [0.15, 0.2) is 36.0 Å². The number of nitrogens with zero attached hydrogens (tertiary/aromatic N) is 3. The standard InChI is InChI=1S/C17H27N5/c1-3-10-19-17(18-2)21-14-15-8-9-16(20-13-15)22-11-6-4-5-7-12-22/h3,8-9,13H,1,4-7,10-12,14H2,2H3,(H2,18,19,21). The summed E-state index contributed by atoms with van der Waals surface area (Å²) in [6.07, 6.45) is 9.00. The Bertz CT molecular complexity index is 472. The molecule has 2 heterocycles. The molecule has 0 bridgehead atoms. The van der Waals surface area contributed by atoms with Gasteiger partial charge >= 0.3 is 0 Å².